The largest absolute Gasteiger partial charge is 0.534 e. The Kier molecular flexibility index (Phi) is 3.46. The Hall–Kier alpha value is -1.57. The lowest BCUT2D eigenvalue weighted by Crippen LogP contribution is -2.28. The molecule has 4 nitrogen and oxygen atoms in total. The van der Waals surface area contributed by atoms with Crippen LogP contribution in [0.15, 0.2) is 25.0 Å². The van der Waals surface area contributed by atoms with Gasteiger partial charge < -0.3 is 4.18 Å². The molecule has 0 unspecified atom stereocenters. The van der Waals surface area contributed by atoms with E-state index in [1.807, 2.05) is 0 Å². The summed E-state index contributed by atoms with van der Waals surface area (Å²) in [5.41, 5.74) is -4.97. The molecule has 0 bridgehead atoms. The van der Waals surface area contributed by atoms with Crippen molar-refractivity contribution in [3.63, 3.8) is 0 Å². The summed E-state index contributed by atoms with van der Waals surface area (Å²) >= 11 is 0. The second-order valence-electron chi connectivity index (χ2n) is 3.14. The van der Waals surface area contributed by atoms with E-state index >= 15 is 0 Å². The number of pyridine rings is 1. The van der Waals surface area contributed by atoms with Gasteiger partial charge >= 0.3 is 15.6 Å². The van der Waals surface area contributed by atoms with Gasteiger partial charge in [0.2, 0.25) is 0 Å². The Balaban J connectivity index is 3.18. The molecular formula is C9H8F3NO3S. The van der Waals surface area contributed by atoms with E-state index in [0.29, 0.717) is 5.57 Å². The number of alkyl halides is 3. The smallest absolute Gasteiger partial charge is 0.374 e. The van der Waals surface area contributed by atoms with Gasteiger partial charge in [-0.15, -0.1) is 0 Å². The maximum absolute atomic E-state index is 12.1. The summed E-state index contributed by atoms with van der Waals surface area (Å²) in [5.74, 6) is -0.502. The molecular weight excluding hydrogens is 259 g/mol. The molecule has 0 aromatic carbocycles. The lowest BCUT2D eigenvalue weighted by atomic mass is 10.1. The Morgan fingerprint density at radius 1 is 1.47 bits per heavy atom. The van der Waals surface area contributed by atoms with Crippen molar-refractivity contribution in [1.82, 2.24) is 4.98 Å². The van der Waals surface area contributed by atoms with Crippen molar-refractivity contribution in [2.45, 2.75) is 12.4 Å². The highest BCUT2D eigenvalue weighted by molar-refractivity contribution is 7.88. The third-order valence-corrected chi connectivity index (χ3v) is 2.69. The molecule has 8 heteroatoms. The zero-order valence-corrected chi connectivity index (χ0v) is 9.47. The fourth-order valence-corrected chi connectivity index (χ4v) is 1.43. The van der Waals surface area contributed by atoms with Crippen LogP contribution in [0.3, 0.4) is 0 Å². The lowest BCUT2D eigenvalue weighted by molar-refractivity contribution is -0.0500. The molecule has 0 amide bonds. The van der Waals surface area contributed by atoms with Crippen molar-refractivity contribution in [2.24, 2.45) is 0 Å². The number of hydrogen-bond donors (Lipinski definition) is 0. The number of rotatable bonds is 3. The Morgan fingerprint density at radius 3 is 2.53 bits per heavy atom. The van der Waals surface area contributed by atoms with Crippen LogP contribution in [0.4, 0.5) is 13.2 Å². The maximum Gasteiger partial charge on any atom is 0.534 e. The van der Waals surface area contributed by atoms with Gasteiger partial charge in [0.1, 0.15) is 0 Å². The van der Waals surface area contributed by atoms with Gasteiger partial charge in [-0.3, -0.25) is 4.98 Å². The molecule has 1 rings (SSSR count). The SMILES string of the molecule is C=C(C)c1ccncc1OS(=O)(=O)C(F)(F)F. The molecule has 0 saturated carbocycles. The zero-order valence-electron chi connectivity index (χ0n) is 8.65. The van der Waals surface area contributed by atoms with E-state index in [1.54, 1.807) is 0 Å². The standard InChI is InChI=1S/C9H8F3NO3S/c1-6(2)7-3-4-13-5-8(7)16-17(14,15)9(10,11)12/h3-5H,1H2,2H3. The highest BCUT2D eigenvalue weighted by atomic mass is 32.2. The highest BCUT2D eigenvalue weighted by Gasteiger charge is 2.48. The minimum atomic E-state index is -5.69. The normalized spacial score (nSPS) is 12.2. The highest BCUT2D eigenvalue weighted by Crippen LogP contribution is 2.30. The Labute approximate surface area is 95.9 Å². The second-order valence-corrected chi connectivity index (χ2v) is 4.67. The summed E-state index contributed by atoms with van der Waals surface area (Å²) in [6.45, 7) is 5.00. The van der Waals surface area contributed by atoms with Gasteiger partial charge in [0.25, 0.3) is 0 Å². The molecule has 0 spiro atoms. The number of aromatic nitrogens is 1. The van der Waals surface area contributed by atoms with E-state index in [9.17, 15) is 21.6 Å². The van der Waals surface area contributed by atoms with Gasteiger partial charge in [-0.25, -0.2) is 0 Å². The fourth-order valence-electron chi connectivity index (χ4n) is 0.964. The summed E-state index contributed by atoms with van der Waals surface area (Å²) < 4.78 is 61.9. The van der Waals surface area contributed by atoms with Crippen LogP contribution in [0.25, 0.3) is 5.57 Å². The van der Waals surface area contributed by atoms with Crippen LogP contribution >= 0.6 is 0 Å². The number of allylic oxidation sites excluding steroid dienone is 1. The quantitative estimate of drug-likeness (QED) is 0.623. The molecule has 1 aromatic heterocycles. The van der Waals surface area contributed by atoms with Gasteiger partial charge in [-0.2, -0.15) is 21.6 Å². The zero-order chi connectivity index (χ0) is 13.3. The van der Waals surface area contributed by atoms with Crippen molar-refractivity contribution in [1.29, 1.82) is 0 Å². The number of hydrogen-bond acceptors (Lipinski definition) is 4. The lowest BCUT2D eigenvalue weighted by Gasteiger charge is -2.12. The van der Waals surface area contributed by atoms with Crippen LogP contribution in [0.5, 0.6) is 5.75 Å². The topological polar surface area (TPSA) is 56.3 Å². The third-order valence-electron chi connectivity index (χ3n) is 1.73. The fraction of sp³-hybridized carbons (Fsp3) is 0.222. The first-order chi connectivity index (χ1) is 7.65. The van der Waals surface area contributed by atoms with Crippen LogP contribution in [0.1, 0.15) is 12.5 Å². The predicted octanol–water partition coefficient (Wildman–Crippen LogP) is 2.34. The summed E-state index contributed by atoms with van der Waals surface area (Å²) in [6.07, 6.45) is 2.17. The minimum absolute atomic E-state index is 0.146. The summed E-state index contributed by atoms with van der Waals surface area (Å²) in [5, 5.41) is 0. The molecule has 94 valence electrons. The minimum Gasteiger partial charge on any atom is -0.374 e. The molecule has 0 N–H and O–H groups in total. The van der Waals surface area contributed by atoms with E-state index in [2.05, 4.69) is 15.7 Å². The van der Waals surface area contributed by atoms with Gasteiger partial charge in [0, 0.05) is 11.8 Å². The monoisotopic (exact) mass is 267 g/mol. The summed E-state index contributed by atoms with van der Waals surface area (Å²) in [4.78, 5) is 3.50. The molecule has 0 radical (unpaired) electrons. The van der Waals surface area contributed by atoms with Crippen LogP contribution in [-0.2, 0) is 10.1 Å². The van der Waals surface area contributed by atoms with E-state index in [4.69, 9.17) is 0 Å². The van der Waals surface area contributed by atoms with Crippen molar-refractivity contribution < 1.29 is 25.8 Å². The molecule has 0 atom stereocenters. The van der Waals surface area contributed by atoms with Crippen LogP contribution in [0.2, 0.25) is 0 Å². The molecule has 17 heavy (non-hydrogen) atoms. The van der Waals surface area contributed by atoms with Crippen molar-refractivity contribution in [3.8, 4) is 5.75 Å². The Morgan fingerprint density at radius 2 is 2.06 bits per heavy atom. The van der Waals surface area contributed by atoms with Crippen LogP contribution < -0.4 is 4.18 Å². The molecule has 1 heterocycles. The molecule has 1 aromatic rings. The number of nitrogens with zero attached hydrogens (tertiary/aromatic N) is 1. The van der Waals surface area contributed by atoms with Gasteiger partial charge in [0.15, 0.2) is 5.75 Å². The first-order valence-corrected chi connectivity index (χ1v) is 5.66. The molecule has 0 aliphatic carbocycles. The molecule has 0 fully saturated rings. The predicted molar refractivity (Wildman–Crippen MR) is 54.5 cm³/mol. The average Bonchev–Trinajstić information content (AvgIpc) is 2.15. The van der Waals surface area contributed by atoms with E-state index in [-0.39, 0.29) is 5.56 Å². The van der Waals surface area contributed by atoms with Crippen molar-refractivity contribution >= 4 is 15.7 Å². The average molecular weight is 267 g/mol. The van der Waals surface area contributed by atoms with Gasteiger partial charge in [-0.1, -0.05) is 6.58 Å². The molecule has 0 aliphatic heterocycles. The number of halogens is 3. The molecule has 0 aliphatic rings. The van der Waals surface area contributed by atoms with E-state index < -0.39 is 21.4 Å². The van der Waals surface area contributed by atoms with Crippen LogP contribution in [0, 0.1) is 0 Å². The summed E-state index contributed by atoms with van der Waals surface area (Å²) in [6, 6.07) is 1.31. The molecule has 0 saturated heterocycles. The first kappa shape index (κ1) is 13.5. The van der Waals surface area contributed by atoms with E-state index in [0.717, 1.165) is 6.20 Å². The van der Waals surface area contributed by atoms with Gasteiger partial charge in [-0.05, 0) is 18.6 Å². The van der Waals surface area contributed by atoms with E-state index in [1.165, 1.54) is 19.2 Å². The Bertz CT molecular complexity index is 537. The maximum atomic E-state index is 12.1. The van der Waals surface area contributed by atoms with Gasteiger partial charge in [0.05, 0.1) is 6.20 Å². The first-order valence-electron chi connectivity index (χ1n) is 4.26. The van der Waals surface area contributed by atoms with Crippen LogP contribution in [-0.4, -0.2) is 18.9 Å². The third kappa shape index (κ3) is 2.96. The van der Waals surface area contributed by atoms with Crippen molar-refractivity contribution in [3.05, 3.63) is 30.6 Å². The second kappa shape index (κ2) is 4.36. The van der Waals surface area contributed by atoms with Crippen molar-refractivity contribution in [2.75, 3.05) is 0 Å². The summed E-state index contributed by atoms with van der Waals surface area (Å²) in [7, 11) is -5.69.